The van der Waals surface area contributed by atoms with E-state index in [4.69, 9.17) is 14.2 Å². The lowest BCUT2D eigenvalue weighted by atomic mass is 10.0. The van der Waals surface area contributed by atoms with Crippen LogP contribution in [0.3, 0.4) is 0 Å². The third-order valence-electron chi connectivity index (χ3n) is 16.4. The number of hydrogen-bond donors (Lipinski definition) is 0. The minimum Gasteiger partial charge on any atom is -0.462 e. The van der Waals surface area contributed by atoms with E-state index in [1.165, 1.54) is 289 Å². The number of allylic oxidation sites excluding steroid dienone is 6. The molecule has 0 spiro atoms. The van der Waals surface area contributed by atoms with Crippen molar-refractivity contribution in [1.82, 2.24) is 0 Å². The number of esters is 3. The molecule has 0 aliphatic rings. The molecule has 0 fully saturated rings. The summed E-state index contributed by atoms with van der Waals surface area (Å²) < 4.78 is 17.0. The summed E-state index contributed by atoms with van der Waals surface area (Å²) >= 11 is 0. The average molecular weight is 1120 g/mol. The van der Waals surface area contributed by atoms with Gasteiger partial charge in [0.15, 0.2) is 6.10 Å². The molecule has 0 aliphatic carbocycles. The highest BCUT2D eigenvalue weighted by molar-refractivity contribution is 5.71. The SMILES string of the molecule is CCCCCCC/C=C\C/C=C\C/C=C\CCCCCCCCCCCCCCCCC(=O)OCC(COC(=O)CCCCCCCCCCCCC)OC(=O)CCCCCCCCCCCCCCCCCCCCCCCC. The maximum Gasteiger partial charge on any atom is 0.306 e. The van der Waals surface area contributed by atoms with Gasteiger partial charge in [0.05, 0.1) is 0 Å². The van der Waals surface area contributed by atoms with Crippen LogP contribution >= 0.6 is 0 Å². The van der Waals surface area contributed by atoms with Gasteiger partial charge in [-0.2, -0.15) is 0 Å². The predicted molar refractivity (Wildman–Crippen MR) is 349 cm³/mol. The molecule has 1 unspecified atom stereocenters. The predicted octanol–water partition coefficient (Wildman–Crippen LogP) is 24.7. The van der Waals surface area contributed by atoms with Gasteiger partial charge in [0.2, 0.25) is 0 Å². The van der Waals surface area contributed by atoms with Crippen molar-refractivity contribution < 1.29 is 28.6 Å². The van der Waals surface area contributed by atoms with E-state index >= 15 is 0 Å². The molecule has 0 amide bonds. The lowest BCUT2D eigenvalue weighted by Crippen LogP contribution is -2.30. The molecule has 0 radical (unpaired) electrons. The molecule has 1 atom stereocenters. The number of rotatable bonds is 67. The second-order valence-electron chi connectivity index (χ2n) is 24.5. The quantitative estimate of drug-likeness (QED) is 0.0261. The second kappa shape index (κ2) is 69.1. The molecule has 0 aromatic carbocycles. The van der Waals surface area contributed by atoms with Crippen LogP contribution in [0.25, 0.3) is 0 Å². The number of unbranched alkanes of at least 4 members (excludes halogenated alkanes) is 50. The molecule has 80 heavy (non-hydrogen) atoms. The highest BCUT2D eigenvalue weighted by Crippen LogP contribution is 2.19. The molecule has 0 aromatic rings. The Morgan fingerprint density at radius 3 is 0.700 bits per heavy atom. The van der Waals surface area contributed by atoms with Gasteiger partial charge in [0.25, 0.3) is 0 Å². The van der Waals surface area contributed by atoms with E-state index in [1.807, 2.05) is 0 Å². The molecular formula is C74H138O6. The molecule has 6 heteroatoms. The largest absolute Gasteiger partial charge is 0.462 e. The third kappa shape index (κ3) is 66.4. The summed E-state index contributed by atoms with van der Waals surface area (Å²) in [4.78, 5) is 38.4. The Kier molecular flexibility index (Phi) is 67.1. The van der Waals surface area contributed by atoms with Crippen LogP contribution < -0.4 is 0 Å². The van der Waals surface area contributed by atoms with E-state index in [9.17, 15) is 14.4 Å². The first kappa shape index (κ1) is 77.6. The summed E-state index contributed by atoms with van der Waals surface area (Å²) in [5.74, 6) is -0.836. The summed E-state index contributed by atoms with van der Waals surface area (Å²) in [6.45, 7) is 6.70. The fourth-order valence-corrected chi connectivity index (χ4v) is 11.0. The van der Waals surface area contributed by atoms with Crippen LogP contribution in [0.1, 0.15) is 400 Å². The second-order valence-corrected chi connectivity index (χ2v) is 24.5. The molecule has 0 saturated carbocycles. The monoisotopic (exact) mass is 1120 g/mol. The van der Waals surface area contributed by atoms with Gasteiger partial charge in [0.1, 0.15) is 13.2 Å². The van der Waals surface area contributed by atoms with Crippen LogP contribution in [0.4, 0.5) is 0 Å². The van der Waals surface area contributed by atoms with Crippen LogP contribution in [0.5, 0.6) is 0 Å². The summed E-state index contributed by atoms with van der Waals surface area (Å²) in [6, 6.07) is 0. The minimum atomic E-state index is -0.768. The van der Waals surface area contributed by atoms with Gasteiger partial charge in [-0.05, 0) is 57.8 Å². The van der Waals surface area contributed by atoms with E-state index in [1.54, 1.807) is 0 Å². The van der Waals surface area contributed by atoms with Gasteiger partial charge < -0.3 is 14.2 Å². The lowest BCUT2D eigenvalue weighted by molar-refractivity contribution is -0.167. The van der Waals surface area contributed by atoms with Crippen molar-refractivity contribution in [2.75, 3.05) is 13.2 Å². The zero-order valence-corrected chi connectivity index (χ0v) is 54.1. The lowest BCUT2D eigenvalue weighted by Gasteiger charge is -2.18. The van der Waals surface area contributed by atoms with Crippen LogP contribution in [-0.2, 0) is 28.6 Å². The Labute approximate surface area is 499 Å². The maximum atomic E-state index is 12.9. The van der Waals surface area contributed by atoms with Crippen molar-refractivity contribution in [3.63, 3.8) is 0 Å². The van der Waals surface area contributed by atoms with E-state index in [0.717, 1.165) is 70.6 Å². The fraction of sp³-hybridized carbons (Fsp3) is 0.878. The molecule has 0 saturated heterocycles. The van der Waals surface area contributed by atoms with Crippen LogP contribution in [0, 0.1) is 0 Å². The smallest absolute Gasteiger partial charge is 0.306 e. The Morgan fingerprint density at radius 1 is 0.250 bits per heavy atom. The number of carbonyl (C=O) groups is 3. The summed E-state index contributed by atoms with van der Waals surface area (Å²) in [6.07, 6.45) is 86.1. The van der Waals surface area contributed by atoms with Crippen molar-refractivity contribution in [2.45, 2.75) is 406 Å². The fourth-order valence-electron chi connectivity index (χ4n) is 11.0. The van der Waals surface area contributed by atoms with E-state index in [-0.39, 0.29) is 31.1 Å². The number of ether oxygens (including phenoxy) is 3. The summed E-state index contributed by atoms with van der Waals surface area (Å²) in [5.41, 5.74) is 0. The topological polar surface area (TPSA) is 78.9 Å². The highest BCUT2D eigenvalue weighted by Gasteiger charge is 2.19. The molecule has 470 valence electrons. The van der Waals surface area contributed by atoms with Crippen LogP contribution in [0.15, 0.2) is 36.5 Å². The molecule has 0 N–H and O–H groups in total. The zero-order valence-electron chi connectivity index (χ0n) is 54.1. The van der Waals surface area contributed by atoms with Crippen LogP contribution in [-0.4, -0.2) is 37.2 Å². The Hall–Kier alpha value is -2.37. The zero-order chi connectivity index (χ0) is 57.8. The van der Waals surface area contributed by atoms with Crippen molar-refractivity contribution in [2.24, 2.45) is 0 Å². The Bertz CT molecular complexity index is 1340. The standard InChI is InChI=1S/C74H138O6/c1-4-7-10-13-16-19-22-24-26-28-30-32-34-35-36-37-38-39-40-42-43-45-47-49-52-55-58-61-64-67-73(76)79-70-71(69-78-72(75)66-63-60-57-54-51-21-18-15-12-9-6-3)80-74(77)68-65-62-59-56-53-50-48-46-44-41-33-31-29-27-25-23-20-17-14-11-8-5-2/h22,24,28,30,34-35,71H,4-21,23,25-27,29,31-33,36-70H2,1-3H3/b24-22-,30-28-,35-34-. The van der Waals surface area contributed by atoms with Gasteiger partial charge in [0, 0.05) is 19.3 Å². The normalized spacial score (nSPS) is 12.2. The van der Waals surface area contributed by atoms with Gasteiger partial charge in [-0.1, -0.05) is 359 Å². The molecular weight excluding hydrogens is 985 g/mol. The van der Waals surface area contributed by atoms with Gasteiger partial charge >= 0.3 is 17.9 Å². The van der Waals surface area contributed by atoms with Crippen molar-refractivity contribution in [1.29, 1.82) is 0 Å². The number of hydrogen-bond acceptors (Lipinski definition) is 6. The first-order chi connectivity index (χ1) is 39.5. The molecule has 0 bridgehead atoms. The summed E-state index contributed by atoms with van der Waals surface area (Å²) in [7, 11) is 0. The Balaban J connectivity index is 4.15. The van der Waals surface area contributed by atoms with Crippen molar-refractivity contribution >= 4 is 17.9 Å². The van der Waals surface area contributed by atoms with Gasteiger partial charge in [-0.25, -0.2) is 0 Å². The Morgan fingerprint density at radius 2 is 0.450 bits per heavy atom. The maximum absolute atomic E-state index is 12.9. The van der Waals surface area contributed by atoms with Crippen LogP contribution in [0.2, 0.25) is 0 Å². The van der Waals surface area contributed by atoms with E-state index in [0.29, 0.717) is 19.3 Å². The number of carbonyl (C=O) groups excluding carboxylic acids is 3. The van der Waals surface area contributed by atoms with Gasteiger partial charge in [-0.3, -0.25) is 14.4 Å². The minimum absolute atomic E-state index is 0.0654. The van der Waals surface area contributed by atoms with E-state index in [2.05, 4.69) is 57.2 Å². The average Bonchev–Trinajstić information content (AvgIpc) is 3.46. The first-order valence-corrected chi connectivity index (χ1v) is 36.0. The third-order valence-corrected chi connectivity index (χ3v) is 16.4. The summed E-state index contributed by atoms with van der Waals surface area (Å²) in [5, 5.41) is 0. The van der Waals surface area contributed by atoms with E-state index < -0.39 is 6.10 Å². The van der Waals surface area contributed by atoms with Gasteiger partial charge in [-0.15, -0.1) is 0 Å². The van der Waals surface area contributed by atoms with Crippen molar-refractivity contribution in [3.05, 3.63) is 36.5 Å². The molecule has 6 nitrogen and oxygen atoms in total. The molecule has 0 heterocycles. The molecule has 0 aromatic heterocycles. The van der Waals surface area contributed by atoms with Crippen molar-refractivity contribution in [3.8, 4) is 0 Å². The molecule has 0 aliphatic heterocycles. The highest BCUT2D eigenvalue weighted by atomic mass is 16.6. The molecule has 0 rings (SSSR count). The first-order valence-electron chi connectivity index (χ1n) is 36.0.